The summed E-state index contributed by atoms with van der Waals surface area (Å²) >= 11 is 0. The van der Waals surface area contributed by atoms with E-state index < -0.39 is 0 Å². The smallest absolute Gasteiger partial charge is 0.125 e. The van der Waals surface area contributed by atoms with Gasteiger partial charge in [0, 0.05) is 18.0 Å². The summed E-state index contributed by atoms with van der Waals surface area (Å²) in [6, 6.07) is 5.34. The fourth-order valence-electron chi connectivity index (χ4n) is 2.47. The molecule has 2 N–H and O–H groups in total. The Balaban J connectivity index is 2.00. The molecule has 0 amide bonds. The third-order valence-corrected chi connectivity index (χ3v) is 3.63. The predicted molar refractivity (Wildman–Crippen MR) is 74.5 cm³/mol. The van der Waals surface area contributed by atoms with Crippen molar-refractivity contribution in [3.8, 4) is 0 Å². The van der Waals surface area contributed by atoms with Gasteiger partial charge in [-0.2, -0.15) is 0 Å². The monoisotopic (exact) mass is 261 g/mol. The lowest BCUT2D eigenvalue weighted by atomic mass is 10.00. The molecule has 0 atom stereocenters. The fourth-order valence-corrected chi connectivity index (χ4v) is 2.47. The molecule has 0 unspecified atom stereocenters. The molecule has 4 heteroatoms. The maximum atomic E-state index is 13.4. The first kappa shape index (κ1) is 12.6. The third kappa shape index (κ3) is 2.63. The first-order valence-corrected chi connectivity index (χ1v) is 6.89. The number of halogens is 1. The summed E-state index contributed by atoms with van der Waals surface area (Å²) in [6.45, 7) is 4.05. The normalized spacial score (nSPS) is 16.2. The predicted octanol–water partition coefficient (Wildman–Crippen LogP) is 3.18. The van der Waals surface area contributed by atoms with Gasteiger partial charge in [0.25, 0.3) is 0 Å². The summed E-state index contributed by atoms with van der Waals surface area (Å²) in [5, 5.41) is 0. The summed E-state index contributed by atoms with van der Waals surface area (Å²) in [5.41, 5.74) is 7.66. The number of nitrogens with two attached hydrogens (primary N) is 1. The second-order valence-electron chi connectivity index (χ2n) is 6.25. The van der Waals surface area contributed by atoms with E-state index in [1.54, 1.807) is 12.1 Å². The van der Waals surface area contributed by atoms with Crippen molar-refractivity contribution in [1.29, 1.82) is 0 Å². The molecule has 1 aromatic carbocycles. The van der Waals surface area contributed by atoms with Crippen LogP contribution in [0.25, 0.3) is 11.0 Å². The van der Waals surface area contributed by atoms with Gasteiger partial charge in [-0.3, -0.25) is 0 Å². The van der Waals surface area contributed by atoms with Crippen LogP contribution >= 0.6 is 0 Å². The van der Waals surface area contributed by atoms with Crippen LogP contribution < -0.4 is 5.73 Å². The van der Waals surface area contributed by atoms with Gasteiger partial charge in [-0.05, 0) is 51.3 Å². The van der Waals surface area contributed by atoms with E-state index in [2.05, 4.69) is 9.55 Å². The zero-order valence-corrected chi connectivity index (χ0v) is 11.5. The van der Waals surface area contributed by atoms with Gasteiger partial charge in [-0.25, -0.2) is 9.37 Å². The van der Waals surface area contributed by atoms with Crippen molar-refractivity contribution in [3.05, 3.63) is 29.8 Å². The highest BCUT2D eigenvalue weighted by Gasteiger charge is 2.28. The Kier molecular flexibility index (Phi) is 2.86. The van der Waals surface area contributed by atoms with Crippen LogP contribution in [0.4, 0.5) is 4.39 Å². The lowest BCUT2D eigenvalue weighted by molar-refractivity contribution is 0.465. The van der Waals surface area contributed by atoms with E-state index >= 15 is 0 Å². The molecular weight excluding hydrogens is 241 g/mol. The summed E-state index contributed by atoms with van der Waals surface area (Å²) in [4.78, 5) is 4.66. The molecule has 0 aliphatic heterocycles. The number of aromatic nitrogens is 2. The molecule has 1 aromatic heterocycles. The molecule has 1 fully saturated rings. The zero-order chi connectivity index (χ0) is 13.6. The molecule has 1 aliphatic rings. The Morgan fingerprint density at radius 3 is 2.79 bits per heavy atom. The van der Waals surface area contributed by atoms with Gasteiger partial charge in [0.1, 0.15) is 11.6 Å². The molecule has 1 heterocycles. The molecule has 0 saturated heterocycles. The number of imidazole rings is 1. The van der Waals surface area contributed by atoms with Crippen LogP contribution in [-0.4, -0.2) is 15.1 Å². The molecule has 3 nitrogen and oxygen atoms in total. The van der Waals surface area contributed by atoms with Crippen molar-refractivity contribution in [1.82, 2.24) is 9.55 Å². The summed E-state index contributed by atoms with van der Waals surface area (Å²) in [5.74, 6) is 0.849. The van der Waals surface area contributed by atoms with Gasteiger partial charge in [-0.1, -0.05) is 0 Å². The Morgan fingerprint density at radius 2 is 2.16 bits per heavy atom. The van der Waals surface area contributed by atoms with Crippen LogP contribution in [0.1, 0.15) is 45.0 Å². The van der Waals surface area contributed by atoms with Gasteiger partial charge in [0.2, 0.25) is 0 Å². The summed E-state index contributed by atoms with van der Waals surface area (Å²) in [6.07, 6.45) is 4.06. The van der Waals surface area contributed by atoms with Crippen LogP contribution in [0.3, 0.4) is 0 Å². The van der Waals surface area contributed by atoms with Crippen molar-refractivity contribution in [2.24, 2.45) is 5.73 Å². The second kappa shape index (κ2) is 4.30. The fraction of sp³-hybridized carbons (Fsp3) is 0.533. The maximum Gasteiger partial charge on any atom is 0.125 e. The quantitative estimate of drug-likeness (QED) is 0.918. The molecule has 102 valence electrons. The lowest BCUT2D eigenvalue weighted by Crippen LogP contribution is -2.32. The number of rotatable bonds is 4. The van der Waals surface area contributed by atoms with Crippen molar-refractivity contribution in [2.75, 3.05) is 0 Å². The van der Waals surface area contributed by atoms with Gasteiger partial charge in [-0.15, -0.1) is 0 Å². The summed E-state index contributed by atoms with van der Waals surface area (Å²) < 4.78 is 15.6. The zero-order valence-electron chi connectivity index (χ0n) is 11.5. The van der Waals surface area contributed by atoms with Crippen molar-refractivity contribution in [3.63, 3.8) is 0 Å². The molecule has 3 rings (SSSR count). The molecule has 1 saturated carbocycles. The van der Waals surface area contributed by atoms with Crippen LogP contribution in [0.15, 0.2) is 18.2 Å². The van der Waals surface area contributed by atoms with E-state index in [1.165, 1.54) is 18.9 Å². The molecule has 1 aliphatic carbocycles. The van der Waals surface area contributed by atoms with E-state index in [-0.39, 0.29) is 11.4 Å². The lowest BCUT2D eigenvalue weighted by Gasteiger charge is -2.18. The highest BCUT2D eigenvalue weighted by atomic mass is 19.1. The van der Waals surface area contributed by atoms with E-state index in [0.29, 0.717) is 6.04 Å². The average Bonchev–Trinajstić information content (AvgIpc) is 3.07. The first-order valence-electron chi connectivity index (χ1n) is 6.89. The standard InChI is InChI=1S/C15H20FN3/c1-15(2,17)8-7-14-18-12-6-3-10(16)9-13(12)19(14)11-4-5-11/h3,6,9,11H,4-5,7-8,17H2,1-2H3. The van der Waals surface area contributed by atoms with E-state index in [1.807, 2.05) is 13.8 Å². The molecule has 2 aromatic rings. The van der Waals surface area contributed by atoms with Crippen LogP contribution in [-0.2, 0) is 6.42 Å². The number of hydrogen-bond acceptors (Lipinski definition) is 2. The van der Waals surface area contributed by atoms with E-state index in [4.69, 9.17) is 5.73 Å². The highest BCUT2D eigenvalue weighted by Crippen LogP contribution is 2.39. The number of hydrogen-bond donors (Lipinski definition) is 1. The van der Waals surface area contributed by atoms with Crippen LogP contribution in [0.5, 0.6) is 0 Å². The Bertz CT molecular complexity index is 606. The van der Waals surface area contributed by atoms with Crippen molar-refractivity contribution < 1.29 is 4.39 Å². The van der Waals surface area contributed by atoms with Crippen LogP contribution in [0.2, 0.25) is 0 Å². The SMILES string of the molecule is CC(C)(N)CCc1nc2ccc(F)cc2n1C1CC1. The van der Waals surface area contributed by atoms with Gasteiger partial charge < -0.3 is 10.3 Å². The van der Waals surface area contributed by atoms with Gasteiger partial charge in [0.05, 0.1) is 11.0 Å². The van der Waals surface area contributed by atoms with E-state index in [9.17, 15) is 4.39 Å². The Labute approximate surface area is 112 Å². The molecule has 0 radical (unpaired) electrons. The minimum absolute atomic E-state index is 0.194. The molecular formula is C15H20FN3. The van der Waals surface area contributed by atoms with Crippen LogP contribution in [0, 0.1) is 5.82 Å². The van der Waals surface area contributed by atoms with Crippen molar-refractivity contribution >= 4 is 11.0 Å². The number of benzene rings is 1. The number of nitrogens with zero attached hydrogens (tertiary/aromatic N) is 2. The Hall–Kier alpha value is -1.42. The average molecular weight is 261 g/mol. The van der Waals surface area contributed by atoms with Gasteiger partial charge >= 0.3 is 0 Å². The molecule has 19 heavy (non-hydrogen) atoms. The first-order chi connectivity index (χ1) is 8.94. The second-order valence-corrected chi connectivity index (χ2v) is 6.25. The highest BCUT2D eigenvalue weighted by molar-refractivity contribution is 5.76. The maximum absolute atomic E-state index is 13.4. The molecule has 0 bridgehead atoms. The number of aryl methyl sites for hydroxylation is 1. The number of fused-ring (bicyclic) bond motifs is 1. The molecule has 0 spiro atoms. The van der Waals surface area contributed by atoms with Crippen molar-refractivity contribution in [2.45, 2.75) is 51.1 Å². The third-order valence-electron chi connectivity index (χ3n) is 3.63. The largest absolute Gasteiger partial charge is 0.326 e. The Morgan fingerprint density at radius 1 is 1.42 bits per heavy atom. The summed E-state index contributed by atoms with van der Waals surface area (Å²) in [7, 11) is 0. The minimum Gasteiger partial charge on any atom is -0.326 e. The topological polar surface area (TPSA) is 43.8 Å². The van der Waals surface area contributed by atoms with E-state index in [0.717, 1.165) is 29.7 Å². The minimum atomic E-state index is -0.197. The van der Waals surface area contributed by atoms with Gasteiger partial charge in [0.15, 0.2) is 0 Å².